The minimum Gasteiger partial charge on any atom is -0.352 e. The molecule has 0 bridgehead atoms. The van der Waals surface area contributed by atoms with Crippen molar-refractivity contribution in [1.29, 1.82) is 0 Å². The van der Waals surface area contributed by atoms with E-state index in [9.17, 15) is 9.59 Å². The highest BCUT2D eigenvalue weighted by atomic mass is 79.9. The highest BCUT2D eigenvalue weighted by Gasteiger charge is 2.30. The standard InChI is InChI=1S/C30H35BrN2O2S/c1-4-23(3)32-30(35)28(18-24-11-6-5-7-12-24)33(19-25-13-9-15-27(31)17-25)29(34)21-36-20-26-14-8-10-22(2)16-26/h5-17,23,28H,4,18-21H2,1-3H3,(H,32,35)/t23-,28+/m1/s1. The van der Waals surface area contributed by atoms with Gasteiger partial charge in [0.2, 0.25) is 11.8 Å². The van der Waals surface area contributed by atoms with E-state index < -0.39 is 6.04 Å². The van der Waals surface area contributed by atoms with Crippen LogP contribution in [0.1, 0.15) is 42.5 Å². The number of hydrogen-bond acceptors (Lipinski definition) is 3. The van der Waals surface area contributed by atoms with Crippen LogP contribution in [-0.4, -0.2) is 34.6 Å². The summed E-state index contributed by atoms with van der Waals surface area (Å²) < 4.78 is 0.949. The molecule has 0 radical (unpaired) electrons. The molecule has 3 rings (SSSR count). The Morgan fingerprint density at radius 2 is 1.64 bits per heavy atom. The molecule has 3 aromatic carbocycles. The van der Waals surface area contributed by atoms with Gasteiger partial charge in [-0.2, -0.15) is 0 Å². The molecule has 4 nitrogen and oxygen atoms in total. The third-order valence-corrected chi connectivity index (χ3v) is 7.57. The summed E-state index contributed by atoms with van der Waals surface area (Å²) in [4.78, 5) is 29.0. The van der Waals surface area contributed by atoms with E-state index in [1.807, 2.05) is 74.5 Å². The summed E-state index contributed by atoms with van der Waals surface area (Å²) in [5.41, 5.74) is 4.42. The molecule has 2 amide bonds. The van der Waals surface area contributed by atoms with Crippen molar-refractivity contribution in [3.63, 3.8) is 0 Å². The van der Waals surface area contributed by atoms with Gasteiger partial charge in [-0.1, -0.05) is 95.1 Å². The first kappa shape index (κ1) is 28.0. The fourth-order valence-electron chi connectivity index (χ4n) is 3.97. The lowest BCUT2D eigenvalue weighted by Gasteiger charge is -2.32. The number of nitrogens with one attached hydrogen (secondary N) is 1. The lowest BCUT2D eigenvalue weighted by atomic mass is 10.0. The summed E-state index contributed by atoms with van der Waals surface area (Å²) in [7, 11) is 0. The predicted molar refractivity (Wildman–Crippen MR) is 154 cm³/mol. The lowest BCUT2D eigenvalue weighted by Crippen LogP contribution is -2.52. The molecule has 36 heavy (non-hydrogen) atoms. The van der Waals surface area contributed by atoms with Crippen LogP contribution in [0.2, 0.25) is 0 Å². The van der Waals surface area contributed by atoms with Crippen LogP contribution in [0.25, 0.3) is 0 Å². The second-order valence-electron chi connectivity index (χ2n) is 9.16. The average Bonchev–Trinajstić information content (AvgIpc) is 2.86. The van der Waals surface area contributed by atoms with Gasteiger partial charge in [-0.05, 0) is 49.1 Å². The summed E-state index contributed by atoms with van der Waals surface area (Å²) in [5.74, 6) is 0.915. The Morgan fingerprint density at radius 1 is 0.944 bits per heavy atom. The van der Waals surface area contributed by atoms with Gasteiger partial charge in [-0.3, -0.25) is 9.59 Å². The van der Waals surface area contributed by atoms with Crippen molar-refractivity contribution >= 4 is 39.5 Å². The molecule has 0 aliphatic carbocycles. The smallest absolute Gasteiger partial charge is 0.243 e. The number of rotatable bonds is 12. The molecule has 2 atom stereocenters. The van der Waals surface area contributed by atoms with E-state index in [1.54, 1.807) is 16.7 Å². The highest BCUT2D eigenvalue weighted by Crippen LogP contribution is 2.20. The largest absolute Gasteiger partial charge is 0.352 e. The SMILES string of the molecule is CC[C@@H](C)NC(=O)[C@H](Cc1ccccc1)N(Cc1cccc(Br)c1)C(=O)CSCc1cccc(C)c1. The van der Waals surface area contributed by atoms with Gasteiger partial charge in [0.25, 0.3) is 0 Å². The Balaban J connectivity index is 1.85. The molecule has 0 aliphatic heterocycles. The van der Waals surface area contributed by atoms with E-state index in [0.29, 0.717) is 18.7 Å². The van der Waals surface area contributed by atoms with Gasteiger partial charge in [-0.15, -0.1) is 11.8 Å². The molecule has 0 spiro atoms. The topological polar surface area (TPSA) is 49.4 Å². The van der Waals surface area contributed by atoms with Crippen molar-refractivity contribution in [2.75, 3.05) is 5.75 Å². The molecule has 6 heteroatoms. The van der Waals surface area contributed by atoms with Crippen LogP contribution < -0.4 is 5.32 Å². The monoisotopic (exact) mass is 566 g/mol. The third-order valence-electron chi connectivity index (χ3n) is 6.09. The van der Waals surface area contributed by atoms with Crippen molar-refractivity contribution in [3.05, 3.63) is 106 Å². The molecule has 0 heterocycles. The first-order chi connectivity index (χ1) is 17.4. The first-order valence-corrected chi connectivity index (χ1v) is 14.3. The van der Waals surface area contributed by atoms with Crippen LogP contribution in [0.15, 0.2) is 83.3 Å². The number of amides is 2. The number of hydrogen-bond donors (Lipinski definition) is 1. The van der Waals surface area contributed by atoms with Gasteiger partial charge < -0.3 is 10.2 Å². The first-order valence-electron chi connectivity index (χ1n) is 12.4. The van der Waals surface area contributed by atoms with Gasteiger partial charge in [-0.25, -0.2) is 0 Å². The van der Waals surface area contributed by atoms with Crippen molar-refractivity contribution in [2.45, 2.75) is 58.0 Å². The zero-order chi connectivity index (χ0) is 25.9. The van der Waals surface area contributed by atoms with Gasteiger partial charge in [0.1, 0.15) is 6.04 Å². The van der Waals surface area contributed by atoms with Crippen LogP contribution in [0.4, 0.5) is 0 Å². The molecule has 1 N–H and O–H groups in total. The maximum Gasteiger partial charge on any atom is 0.243 e. The maximum atomic E-state index is 13.7. The van der Waals surface area contributed by atoms with E-state index in [0.717, 1.165) is 27.8 Å². The fraction of sp³-hybridized carbons (Fsp3) is 0.333. The Bertz CT molecular complexity index is 1140. The molecule has 0 unspecified atom stereocenters. The molecule has 0 saturated heterocycles. The minimum absolute atomic E-state index is 0.0344. The predicted octanol–water partition coefficient (Wildman–Crippen LogP) is 6.55. The van der Waals surface area contributed by atoms with Crippen LogP contribution in [-0.2, 0) is 28.3 Å². The van der Waals surface area contributed by atoms with Crippen LogP contribution in [0.5, 0.6) is 0 Å². The number of carbonyl (C=O) groups is 2. The average molecular weight is 568 g/mol. The van der Waals surface area contributed by atoms with Crippen molar-refractivity contribution in [2.24, 2.45) is 0 Å². The third kappa shape index (κ3) is 8.82. The molecule has 0 aliphatic rings. The molecule has 0 aromatic heterocycles. The van der Waals surface area contributed by atoms with Gasteiger partial charge in [0.15, 0.2) is 0 Å². The normalized spacial score (nSPS) is 12.6. The van der Waals surface area contributed by atoms with Crippen molar-refractivity contribution in [3.8, 4) is 0 Å². The number of nitrogens with zero attached hydrogens (tertiary/aromatic N) is 1. The van der Waals surface area contributed by atoms with Crippen LogP contribution in [0, 0.1) is 6.92 Å². The minimum atomic E-state index is -0.604. The highest BCUT2D eigenvalue weighted by molar-refractivity contribution is 9.10. The lowest BCUT2D eigenvalue weighted by molar-refractivity contribution is -0.139. The number of carbonyl (C=O) groups excluding carboxylic acids is 2. The second kappa shape index (κ2) is 14.2. The Kier molecular flexibility index (Phi) is 11.1. The number of halogens is 1. The summed E-state index contributed by atoms with van der Waals surface area (Å²) in [6.07, 6.45) is 1.29. The van der Waals surface area contributed by atoms with Gasteiger partial charge >= 0.3 is 0 Å². The number of benzene rings is 3. The summed E-state index contributed by atoms with van der Waals surface area (Å²) >= 11 is 5.12. The fourth-order valence-corrected chi connectivity index (χ4v) is 5.27. The zero-order valence-corrected chi connectivity index (χ0v) is 23.6. The van der Waals surface area contributed by atoms with Crippen LogP contribution in [0.3, 0.4) is 0 Å². The van der Waals surface area contributed by atoms with E-state index in [2.05, 4.69) is 46.4 Å². The van der Waals surface area contributed by atoms with E-state index in [-0.39, 0.29) is 17.9 Å². The summed E-state index contributed by atoms with van der Waals surface area (Å²) in [6, 6.07) is 25.6. The van der Waals surface area contributed by atoms with Gasteiger partial charge in [0, 0.05) is 29.2 Å². The zero-order valence-electron chi connectivity index (χ0n) is 21.2. The van der Waals surface area contributed by atoms with Gasteiger partial charge in [0.05, 0.1) is 5.75 Å². The molecule has 0 fully saturated rings. The maximum absolute atomic E-state index is 13.7. The van der Waals surface area contributed by atoms with Crippen LogP contribution >= 0.6 is 27.7 Å². The molecule has 3 aromatic rings. The molecule has 190 valence electrons. The molecule has 0 saturated carbocycles. The molecular formula is C30H35BrN2O2S. The van der Waals surface area contributed by atoms with Crippen molar-refractivity contribution in [1.82, 2.24) is 10.2 Å². The number of aryl methyl sites for hydroxylation is 1. The quantitative estimate of drug-likeness (QED) is 0.270. The Morgan fingerprint density at radius 3 is 2.33 bits per heavy atom. The summed E-state index contributed by atoms with van der Waals surface area (Å²) in [6.45, 7) is 6.48. The summed E-state index contributed by atoms with van der Waals surface area (Å²) in [5, 5.41) is 3.12. The van der Waals surface area contributed by atoms with E-state index >= 15 is 0 Å². The second-order valence-corrected chi connectivity index (χ2v) is 11.1. The Hall–Kier alpha value is -2.57. The van der Waals surface area contributed by atoms with E-state index in [1.165, 1.54) is 11.1 Å². The van der Waals surface area contributed by atoms with Crippen molar-refractivity contribution < 1.29 is 9.59 Å². The Labute approximate surface area is 228 Å². The van der Waals surface area contributed by atoms with E-state index in [4.69, 9.17) is 0 Å². The number of thioether (sulfide) groups is 1. The molecular weight excluding hydrogens is 532 g/mol.